The Morgan fingerprint density at radius 2 is 1.86 bits per heavy atom. The van der Waals surface area contributed by atoms with Crippen LogP contribution in [0.25, 0.3) is 0 Å². The average Bonchev–Trinajstić information content (AvgIpc) is 2.52. The van der Waals surface area contributed by atoms with Gasteiger partial charge in [-0.1, -0.05) is 30.3 Å². The van der Waals surface area contributed by atoms with Gasteiger partial charge in [-0.15, -0.1) is 0 Å². The van der Waals surface area contributed by atoms with Gasteiger partial charge in [0.2, 0.25) is 11.8 Å². The van der Waals surface area contributed by atoms with E-state index >= 15 is 0 Å². The van der Waals surface area contributed by atoms with Crippen molar-refractivity contribution in [3.63, 3.8) is 0 Å². The zero-order valence-electron chi connectivity index (χ0n) is 12.5. The lowest BCUT2D eigenvalue weighted by atomic mass is 10.2. The molecular formula is C16H23N3O2. The van der Waals surface area contributed by atoms with Gasteiger partial charge in [-0.2, -0.15) is 0 Å². The molecule has 1 N–H and O–H groups in total. The predicted molar refractivity (Wildman–Crippen MR) is 81.6 cm³/mol. The molecule has 21 heavy (non-hydrogen) atoms. The molecule has 1 aromatic carbocycles. The summed E-state index contributed by atoms with van der Waals surface area (Å²) in [6.07, 6.45) is 0.395. The Kier molecular flexibility index (Phi) is 5.75. The lowest BCUT2D eigenvalue weighted by Crippen LogP contribution is -2.47. The van der Waals surface area contributed by atoms with Gasteiger partial charge in [0, 0.05) is 52.6 Å². The second-order valence-electron chi connectivity index (χ2n) is 5.31. The lowest BCUT2D eigenvalue weighted by Gasteiger charge is -2.28. The molecule has 5 nitrogen and oxygen atoms in total. The zero-order chi connectivity index (χ0) is 15.1. The fraction of sp³-hybridized carbons (Fsp3) is 0.500. The second-order valence-corrected chi connectivity index (χ2v) is 5.31. The molecule has 0 spiro atoms. The van der Waals surface area contributed by atoms with Gasteiger partial charge in [-0.05, 0) is 5.56 Å². The highest BCUT2D eigenvalue weighted by atomic mass is 16.2. The first kappa shape index (κ1) is 15.5. The monoisotopic (exact) mass is 289 g/mol. The van der Waals surface area contributed by atoms with Crippen molar-refractivity contribution in [1.82, 2.24) is 15.1 Å². The van der Waals surface area contributed by atoms with Gasteiger partial charge in [0.1, 0.15) is 0 Å². The normalized spacial score (nSPS) is 14.8. The van der Waals surface area contributed by atoms with Gasteiger partial charge >= 0.3 is 0 Å². The van der Waals surface area contributed by atoms with Crippen LogP contribution in [0.15, 0.2) is 30.3 Å². The summed E-state index contributed by atoms with van der Waals surface area (Å²) >= 11 is 0. The number of carbonyl (C=O) groups is 2. The van der Waals surface area contributed by atoms with E-state index in [4.69, 9.17) is 0 Å². The Morgan fingerprint density at radius 3 is 2.48 bits per heavy atom. The number of nitrogens with zero attached hydrogens (tertiary/aromatic N) is 2. The number of hydrogen-bond donors (Lipinski definition) is 1. The minimum atomic E-state index is 0.00645. The maximum absolute atomic E-state index is 12.1. The fourth-order valence-electron chi connectivity index (χ4n) is 2.45. The van der Waals surface area contributed by atoms with E-state index in [0.717, 1.165) is 31.7 Å². The van der Waals surface area contributed by atoms with Crippen LogP contribution >= 0.6 is 0 Å². The first-order valence-corrected chi connectivity index (χ1v) is 7.45. The minimum absolute atomic E-state index is 0.00645. The van der Waals surface area contributed by atoms with E-state index < -0.39 is 0 Å². The van der Waals surface area contributed by atoms with Crippen LogP contribution in [0.5, 0.6) is 0 Å². The molecule has 1 aliphatic rings. The van der Waals surface area contributed by atoms with Gasteiger partial charge in [0.15, 0.2) is 0 Å². The van der Waals surface area contributed by atoms with Crippen LogP contribution in [0.4, 0.5) is 0 Å². The minimum Gasteiger partial charge on any atom is -0.340 e. The molecule has 1 fully saturated rings. The fourth-order valence-corrected chi connectivity index (χ4v) is 2.45. The van der Waals surface area contributed by atoms with Crippen molar-refractivity contribution < 1.29 is 9.59 Å². The number of carbonyl (C=O) groups excluding carboxylic acids is 2. The van der Waals surface area contributed by atoms with E-state index in [1.807, 2.05) is 35.2 Å². The molecule has 0 bridgehead atoms. The number of hydrogen-bond acceptors (Lipinski definition) is 3. The third-order valence-electron chi connectivity index (χ3n) is 3.73. The van der Waals surface area contributed by atoms with Gasteiger partial charge in [0.25, 0.3) is 0 Å². The van der Waals surface area contributed by atoms with E-state index in [1.54, 1.807) is 11.8 Å². The largest absolute Gasteiger partial charge is 0.340 e. The number of amides is 2. The van der Waals surface area contributed by atoms with E-state index in [9.17, 15) is 9.59 Å². The summed E-state index contributed by atoms with van der Waals surface area (Å²) in [7, 11) is 0. The molecule has 0 aliphatic carbocycles. The molecule has 114 valence electrons. The summed E-state index contributed by atoms with van der Waals surface area (Å²) in [5.41, 5.74) is 1.09. The molecule has 0 atom stereocenters. The Bertz CT molecular complexity index is 470. The Labute approximate surface area is 125 Å². The molecule has 0 aromatic heterocycles. The van der Waals surface area contributed by atoms with Crippen LogP contribution in [0, 0.1) is 0 Å². The van der Waals surface area contributed by atoms with E-state index in [1.165, 1.54) is 0 Å². The third-order valence-corrected chi connectivity index (χ3v) is 3.73. The van der Waals surface area contributed by atoms with Gasteiger partial charge in [-0.25, -0.2) is 0 Å². The summed E-state index contributed by atoms with van der Waals surface area (Å²) < 4.78 is 0. The highest BCUT2D eigenvalue weighted by Crippen LogP contribution is 2.07. The van der Waals surface area contributed by atoms with Crippen molar-refractivity contribution in [3.8, 4) is 0 Å². The summed E-state index contributed by atoms with van der Waals surface area (Å²) in [5.74, 6) is 0.141. The maximum atomic E-state index is 12.1. The topological polar surface area (TPSA) is 52.7 Å². The quantitative estimate of drug-likeness (QED) is 0.874. The highest BCUT2D eigenvalue weighted by molar-refractivity contribution is 5.78. The Morgan fingerprint density at radius 1 is 1.19 bits per heavy atom. The van der Waals surface area contributed by atoms with Crippen LogP contribution < -0.4 is 5.32 Å². The standard InChI is InChI=1S/C16H23N3O2/c1-14(20)19(13-15-5-3-2-4-6-15)10-7-16(21)18-11-8-17-9-12-18/h2-6,17H,7-13H2,1H3. The molecule has 0 unspecified atom stereocenters. The smallest absolute Gasteiger partial charge is 0.224 e. The molecule has 1 aliphatic heterocycles. The van der Waals surface area contributed by atoms with Crippen molar-refractivity contribution in [2.24, 2.45) is 0 Å². The third kappa shape index (κ3) is 4.86. The number of piperazine rings is 1. The van der Waals surface area contributed by atoms with Crippen molar-refractivity contribution in [2.45, 2.75) is 19.9 Å². The molecule has 0 saturated carbocycles. The van der Waals surface area contributed by atoms with Crippen molar-refractivity contribution in [2.75, 3.05) is 32.7 Å². The first-order valence-electron chi connectivity index (χ1n) is 7.45. The molecule has 2 rings (SSSR count). The summed E-state index contributed by atoms with van der Waals surface area (Å²) in [6, 6.07) is 9.86. The Hall–Kier alpha value is -1.88. The maximum Gasteiger partial charge on any atom is 0.224 e. The predicted octanol–water partition coefficient (Wildman–Crippen LogP) is 0.857. The summed E-state index contributed by atoms with van der Waals surface area (Å²) in [4.78, 5) is 27.5. The van der Waals surface area contributed by atoms with Gasteiger partial charge in [-0.3, -0.25) is 9.59 Å². The lowest BCUT2D eigenvalue weighted by molar-refractivity contribution is -0.134. The van der Waals surface area contributed by atoms with E-state index in [2.05, 4.69) is 5.32 Å². The molecule has 5 heteroatoms. The van der Waals surface area contributed by atoms with E-state index in [0.29, 0.717) is 19.5 Å². The number of rotatable bonds is 5. The van der Waals surface area contributed by atoms with Crippen LogP contribution in [0.2, 0.25) is 0 Å². The van der Waals surface area contributed by atoms with Crippen molar-refractivity contribution in [1.29, 1.82) is 0 Å². The van der Waals surface area contributed by atoms with Crippen molar-refractivity contribution >= 4 is 11.8 Å². The van der Waals surface area contributed by atoms with Crippen LogP contribution in [-0.2, 0) is 16.1 Å². The highest BCUT2D eigenvalue weighted by Gasteiger charge is 2.18. The summed E-state index contributed by atoms with van der Waals surface area (Å²) in [5, 5.41) is 3.23. The average molecular weight is 289 g/mol. The van der Waals surface area contributed by atoms with E-state index in [-0.39, 0.29) is 11.8 Å². The van der Waals surface area contributed by atoms with Crippen LogP contribution in [-0.4, -0.2) is 54.3 Å². The molecule has 0 radical (unpaired) electrons. The second kappa shape index (κ2) is 7.78. The van der Waals surface area contributed by atoms with Gasteiger partial charge < -0.3 is 15.1 Å². The zero-order valence-corrected chi connectivity index (χ0v) is 12.5. The van der Waals surface area contributed by atoms with Gasteiger partial charge in [0.05, 0.1) is 0 Å². The molecule has 1 saturated heterocycles. The number of nitrogens with one attached hydrogen (secondary N) is 1. The Balaban J connectivity index is 1.85. The first-order chi connectivity index (χ1) is 10.2. The van der Waals surface area contributed by atoms with Crippen molar-refractivity contribution in [3.05, 3.63) is 35.9 Å². The molecular weight excluding hydrogens is 266 g/mol. The van der Waals surface area contributed by atoms with Crippen LogP contribution in [0.3, 0.4) is 0 Å². The molecule has 1 aromatic rings. The molecule has 1 heterocycles. The van der Waals surface area contributed by atoms with Crippen LogP contribution in [0.1, 0.15) is 18.9 Å². The number of benzene rings is 1. The SMILES string of the molecule is CC(=O)N(CCC(=O)N1CCNCC1)Cc1ccccc1. The molecule has 2 amide bonds. The summed E-state index contributed by atoms with van der Waals surface area (Å²) in [6.45, 7) is 5.82.